The van der Waals surface area contributed by atoms with Crippen molar-refractivity contribution < 1.29 is 4.79 Å². The van der Waals surface area contributed by atoms with Crippen LogP contribution in [0.4, 0.5) is 0 Å². The molecule has 3 nitrogen and oxygen atoms in total. The van der Waals surface area contributed by atoms with Gasteiger partial charge in [0, 0.05) is 19.0 Å². The lowest BCUT2D eigenvalue weighted by molar-refractivity contribution is -0.133. The highest BCUT2D eigenvalue weighted by atomic mass is 16.2. The molecule has 0 bridgehead atoms. The van der Waals surface area contributed by atoms with Gasteiger partial charge in [0.15, 0.2) is 0 Å². The standard InChI is InChI=1S/C11H20N2O/c1-2-10-4-3-5-13(10)11(14)6-9-7-12-8-9/h9-10,12H,2-8H2,1H3. The molecule has 2 aliphatic heterocycles. The van der Waals surface area contributed by atoms with E-state index in [4.69, 9.17) is 0 Å². The Morgan fingerprint density at radius 1 is 1.50 bits per heavy atom. The molecule has 2 aliphatic rings. The molecule has 1 atom stereocenters. The molecule has 80 valence electrons. The minimum absolute atomic E-state index is 0.390. The molecule has 2 rings (SSSR count). The second kappa shape index (κ2) is 4.30. The average molecular weight is 196 g/mol. The highest BCUT2D eigenvalue weighted by Gasteiger charge is 2.29. The van der Waals surface area contributed by atoms with Gasteiger partial charge in [-0.15, -0.1) is 0 Å². The summed E-state index contributed by atoms with van der Waals surface area (Å²) >= 11 is 0. The smallest absolute Gasteiger partial charge is 0.223 e. The normalized spacial score (nSPS) is 27.8. The predicted octanol–water partition coefficient (Wildman–Crippen LogP) is 0.997. The summed E-state index contributed by atoms with van der Waals surface area (Å²) in [5, 5.41) is 3.21. The van der Waals surface area contributed by atoms with Crippen molar-refractivity contribution in [3.63, 3.8) is 0 Å². The molecular formula is C11H20N2O. The molecule has 0 saturated carbocycles. The summed E-state index contributed by atoms with van der Waals surface area (Å²) in [5.41, 5.74) is 0. The molecule has 0 spiro atoms. The van der Waals surface area contributed by atoms with Crippen molar-refractivity contribution >= 4 is 5.91 Å². The molecule has 1 amide bonds. The summed E-state index contributed by atoms with van der Waals surface area (Å²) < 4.78 is 0. The molecule has 1 unspecified atom stereocenters. The SMILES string of the molecule is CCC1CCCN1C(=O)CC1CNC1. The number of likely N-dealkylation sites (tertiary alicyclic amines) is 1. The Bertz CT molecular complexity index is 213. The van der Waals surface area contributed by atoms with Gasteiger partial charge in [0.05, 0.1) is 0 Å². The van der Waals surface area contributed by atoms with E-state index in [0.29, 0.717) is 17.9 Å². The monoisotopic (exact) mass is 196 g/mol. The minimum atomic E-state index is 0.390. The van der Waals surface area contributed by atoms with Crippen LogP contribution in [0.5, 0.6) is 0 Å². The highest BCUT2D eigenvalue weighted by Crippen LogP contribution is 2.22. The van der Waals surface area contributed by atoms with E-state index in [1.165, 1.54) is 12.8 Å². The number of carbonyl (C=O) groups excluding carboxylic acids is 1. The minimum Gasteiger partial charge on any atom is -0.340 e. The Kier molecular flexibility index (Phi) is 3.06. The van der Waals surface area contributed by atoms with Crippen molar-refractivity contribution in [1.82, 2.24) is 10.2 Å². The average Bonchev–Trinajstić information content (AvgIpc) is 2.58. The summed E-state index contributed by atoms with van der Waals surface area (Å²) in [6.45, 7) is 5.26. The van der Waals surface area contributed by atoms with Crippen molar-refractivity contribution in [2.24, 2.45) is 5.92 Å². The van der Waals surface area contributed by atoms with Crippen LogP contribution in [0.1, 0.15) is 32.6 Å². The van der Waals surface area contributed by atoms with Gasteiger partial charge in [0.1, 0.15) is 0 Å². The van der Waals surface area contributed by atoms with Crippen LogP contribution in [0.25, 0.3) is 0 Å². The van der Waals surface area contributed by atoms with Crippen molar-refractivity contribution in [3.8, 4) is 0 Å². The zero-order valence-corrected chi connectivity index (χ0v) is 8.96. The van der Waals surface area contributed by atoms with Gasteiger partial charge in [-0.3, -0.25) is 4.79 Å². The molecule has 0 aromatic heterocycles. The maximum absolute atomic E-state index is 11.9. The lowest BCUT2D eigenvalue weighted by atomic mass is 9.98. The van der Waals surface area contributed by atoms with Crippen molar-refractivity contribution in [1.29, 1.82) is 0 Å². The fourth-order valence-electron chi connectivity index (χ4n) is 2.45. The maximum Gasteiger partial charge on any atom is 0.223 e. The fraction of sp³-hybridized carbons (Fsp3) is 0.909. The number of nitrogens with zero attached hydrogens (tertiary/aromatic N) is 1. The topological polar surface area (TPSA) is 32.3 Å². The first-order chi connectivity index (χ1) is 6.81. The summed E-state index contributed by atoms with van der Waals surface area (Å²) in [7, 11) is 0. The van der Waals surface area contributed by atoms with Gasteiger partial charge < -0.3 is 10.2 Å². The second-order valence-corrected chi connectivity index (χ2v) is 4.52. The van der Waals surface area contributed by atoms with Crippen LogP contribution in [-0.2, 0) is 4.79 Å². The molecule has 2 heterocycles. The number of hydrogen-bond donors (Lipinski definition) is 1. The van der Waals surface area contributed by atoms with Gasteiger partial charge in [0.25, 0.3) is 0 Å². The zero-order valence-electron chi connectivity index (χ0n) is 8.96. The molecule has 0 radical (unpaired) electrons. The molecule has 3 heteroatoms. The molecule has 0 aromatic carbocycles. The summed E-state index contributed by atoms with van der Waals surface area (Å²) in [6.07, 6.45) is 4.30. The van der Waals surface area contributed by atoms with Crippen molar-refractivity contribution in [2.45, 2.75) is 38.6 Å². The second-order valence-electron chi connectivity index (χ2n) is 4.52. The van der Waals surface area contributed by atoms with Crippen LogP contribution in [0, 0.1) is 5.92 Å². The Morgan fingerprint density at radius 2 is 2.29 bits per heavy atom. The van der Waals surface area contributed by atoms with Gasteiger partial charge in [0.2, 0.25) is 5.91 Å². The first-order valence-electron chi connectivity index (χ1n) is 5.81. The lowest BCUT2D eigenvalue weighted by Gasteiger charge is -2.30. The van der Waals surface area contributed by atoms with E-state index in [9.17, 15) is 4.79 Å². The van der Waals surface area contributed by atoms with E-state index in [0.717, 1.165) is 32.5 Å². The number of carbonyl (C=O) groups is 1. The number of rotatable bonds is 3. The summed E-state index contributed by atoms with van der Waals surface area (Å²) in [4.78, 5) is 14.0. The van der Waals surface area contributed by atoms with Crippen LogP contribution in [-0.4, -0.2) is 36.5 Å². The summed E-state index contributed by atoms with van der Waals surface area (Å²) in [6, 6.07) is 0.538. The quantitative estimate of drug-likeness (QED) is 0.730. The number of amides is 1. The molecule has 2 saturated heterocycles. The third-order valence-electron chi connectivity index (χ3n) is 3.50. The highest BCUT2D eigenvalue weighted by molar-refractivity contribution is 5.77. The lowest BCUT2D eigenvalue weighted by Crippen LogP contribution is -2.46. The van der Waals surface area contributed by atoms with Gasteiger partial charge in [-0.1, -0.05) is 6.92 Å². The molecule has 2 fully saturated rings. The predicted molar refractivity (Wildman–Crippen MR) is 56.0 cm³/mol. The van der Waals surface area contributed by atoms with Crippen molar-refractivity contribution in [3.05, 3.63) is 0 Å². The van der Waals surface area contributed by atoms with Crippen LogP contribution in [0.3, 0.4) is 0 Å². The largest absolute Gasteiger partial charge is 0.340 e. The van der Waals surface area contributed by atoms with Gasteiger partial charge in [-0.25, -0.2) is 0 Å². The van der Waals surface area contributed by atoms with E-state index in [-0.39, 0.29) is 0 Å². The van der Waals surface area contributed by atoms with Crippen LogP contribution < -0.4 is 5.32 Å². The molecular weight excluding hydrogens is 176 g/mol. The Hall–Kier alpha value is -0.570. The molecule has 0 aliphatic carbocycles. The Labute approximate surface area is 85.8 Å². The Morgan fingerprint density at radius 3 is 2.86 bits per heavy atom. The number of nitrogens with one attached hydrogen (secondary N) is 1. The fourth-order valence-corrected chi connectivity index (χ4v) is 2.45. The van der Waals surface area contributed by atoms with E-state index in [1.807, 2.05) is 0 Å². The van der Waals surface area contributed by atoms with Crippen LogP contribution in [0.15, 0.2) is 0 Å². The zero-order chi connectivity index (χ0) is 9.97. The number of hydrogen-bond acceptors (Lipinski definition) is 2. The molecule has 0 aromatic rings. The van der Waals surface area contributed by atoms with Crippen molar-refractivity contribution in [2.75, 3.05) is 19.6 Å². The van der Waals surface area contributed by atoms with E-state index < -0.39 is 0 Å². The summed E-state index contributed by atoms with van der Waals surface area (Å²) in [5.74, 6) is 1.00. The van der Waals surface area contributed by atoms with Gasteiger partial charge >= 0.3 is 0 Å². The first-order valence-corrected chi connectivity index (χ1v) is 5.81. The van der Waals surface area contributed by atoms with Crippen LogP contribution >= 0.6 is 0 Å². The molecule has 14 heavy (non-hydrogen) atoms. The Balaban J connectivity index is 1.83. The van der Waals surface area contributed by atoms with Crippen LogP contribution in [0.2, 0.25) is 0 Å². The van der Waals surface area contributed by atoms with E-state index in [2.05, 4.69) is 17.1 Å². The van der Waals surface area contributed by atoms with E-state index in [1.54, 1.807) is 0 Å². The van der Waals surface area contributed by atoms with Gasteiger partial charge in [-0.2, -0.15) is 0 Å². The first kappa shape index (κ1) is 9.97. The molecule has 1 N–H and O–H groups in total. The maximum atomic E-state index is 11.9. The third kappa shape index (κ3) is 1.92. The van der Waals surface area contributed by atoms with E-state index >= 15 is 0 Å². The third-order valence-corrected chi connectivity index (χ3v) is 3.50. The van der Waals surface area contributed by atoms with Gasteiger partial charge in [-0.05, 0) is 38.3 Å².